The lowest BCUT2D eigenvalue weighted by atomic mass is 10.0. The van der Waals surface area contributed by atoms with Gasteiger partial charge in [-0.1, -0.05) is 18.2 Å². The Morgan fingerprint density at radius 3 is 3.00 bits per heavy atom. The second-order valence-electron chi connectivity index (χ2n) is 4.89. The fraction of sp³-hybridized carbons (Fsp3) is 0.333. The molecule has 0 bridgehead atoms. The lowest BCUT2D eigenvalue weighted by Gasteiger charge is -2.07. The molecular formula is C15H17N3OS. The van der Waals surface area contributed by atoms with Crippen molar-refractivity contribution >= 4 is 22.4 Å². The van der Waals surface area contributed by atoms with Gasteiger partial charge in [0.15, 0.2) is 5.13 Å². The molecule has 0 saturated heterocycles. The summed E-state index contributed by atoms with van der Waals surface area (Å²) in [7, 11) is 0. The summed E-state index contributed by atoms with van der Waals surface area (Å²) >= 11 is 1.60. The molecule has 2 aromatic rings. The molecule has 4 nitrogen and oxygen atoms in total. The normalized spacial score (nSPS) is 13.2. The smallest absolute Gasteiger partial charge is 0.257 e. The van der Waals surface area contributed by atoms with E-state index in [1.165, 1.54) is 11.3 Å². The minimum absolute atomic E-state index is 0.0959. The van der Waals surface area contributed by atoms with E-state index >= 15 is 0 Å². The number of nitrogens with one attached hydrogen (secondary N) is 1. The number of carbonyl (C=O) groups excluding carboxylic acids is 1. The Kier molecular flexibility index (Phi) is 3.80. The molecule has 0 radical (unpaired) electrons. The lowest BCUT2D eigenvalue weighted by Crippen LogP contribution is -2.15. The van der Waals surface area contributed by atoms with Crippen LogP contribution in [0.15, 0.2) is 24.3 Å². The van der Waals surface area contributed by atoms with Crippen LogP contribution in [0, 0.1) is 0 Å². The molecule has 104 valence electrons. The topological polar surface area (TPSA) is 68.0 Å². The number of thiazole rings is 1. The highest BCUT2D eigenvalue weighted by atomic mass is 32.1. The third-order valence-electron chi connectivity index (χ3n) is 3.49. The first-order chi connectivity index (χ1) is 9.78. The number of aryl methyl sites for hydroxylation is 2. The predicted octanol–water partition coefficient (Wildman–Crippen LogP) is 2.39. The van der Waals surface area contributed by atoms with Crippen molar-refractivity contribution in [2.75, 3.05) is 11.9 Å². The summed E-state index contributed by atoms with van der Waals surface area (Å²) < 4.78 is 0. The fourth-order valence-electron chi connectivity index (χ4n) is 2.52. The number of hydrogen-bond donors (Lipinski definition) is 2. The lowest BCUT2D eigenvalue weighted by molar-refractivity contribution is 0.102. The van der Waals surface area contributed by atoms with Crippen LogP contribution >= 0.6 is 11.3 Å². The van der Waals surface area contributed by atoms with Crippen LogP contribution in [0.1, 0.15) is 32.9 Å². The second-order valence-corrected chi connectivity index (χ2v) is 5.98. The van der Waals surface area contributed by atoms with E-state index in [9.17, 15) is 4.79 Å². The number of anilines is 1. The number of hydrogen-bond acceptors (Lipinski definition) is 4. The predicted molar refractivity (Wildman–Crippen MR) is 81.3 cm³/mol. The molecule has 1 aliphatic carbocycles. The molecule has 20 heavy (non-hydrogen) atoms. The minimum atomic E-state index is -0.0959. The zero-order valence-electron chi connectivity index (χ0n) is 11.2. The first-order valence-corrected chi connectivity index (χ1v) is 7.67. The van der Waals surface area contributed by atoms with Crippen LogP contribution in [0.3, 0.4) is 0 Å². The minimum Gasteiger partial charge on any atom is -0.330 e. The van der Waals surface area contributed by atoms with Crippen molar-refractivity contribution in [1.29, 1.82) is 0 Å². The summed E-state index contributed by atoms with van der Waals surface area (Å²) in [5.41, 5.74) is 8.41. The Bertz CT molecular complexity index is 614. The average molecular weight is 287 g/mol. The van der Waals surface area contributed by atoms with Crippen molar-refractivity contribution in [1.82, 2.24) is 4.98 Å². The van der Waals surface area contributed by atoms with Gasteiger partial charge in [0.1, 0.15) is 0 Å². The van der Waals surface area contributed by atoms with Crippen LogP contribution in [-0.4, -0.2) is 17.4 Å². The quantitative estimate of drug-likeness (QED) is 0.907. The van der Waals surface area contributed by atoms with Crippen molar-refractivity contribution in [2.45, 2.75) is 25.7 Å². The molecule has 0 saturated carbocycles. The van der Waals surface area contributed by atoms with Gasteiger partial charge in [0.05, 0.1) is 5.69 Å². The van der Waals surface area contributed by atoms with Gasteiger partial charge >= 0.3 is 0 Å². The van der Waals surface area contributed by atoms with E-state index in [1.807, 2.05) is 24.3 Å². The number of carbonyl (C=O) groups is 1. The standard InChI is InChI=1S/C15H17N3OS/c16-9-8-10-4-1-2-5-11(10)14(19)18-15-17-12-6-3-7-13(12)20-15/h1-2,4-5H,3,6-9,16H2,(H,17,18,19). The monoisotopic (exact) mass is 287 g/mol. The second kappa shape index (κ2) is 5.73. The SMILES string of the molecule is NCCc1ccccc1C(=O)Nc1nc2c(s1)CCC2. The van der Waals surface area contributed by atoms with Crippen LogP contribution in [0.25, 0.3) is 0 Å². The van der Waals surface area contributed by atoms with Gasteiger partial charge in [0, 0.05) is 10.4 Å². The molecule has 0 unspecified atom stereocenters. The summed E-state index contributed by atoms with van der Waals surface area (Å²) in [4.78, 5) is 18.2. The zero-order chi connectivity index (χ0) is 13.9. The van der Waals surface area contributed by atoms with Crippen LogP contribution in [0.5, 0.6) is 0 Å². The van der Waals surface area contributed by atoms with E-state index in [0.717, 1.165) is 24.1 Å². The Hall–Kier alpha value is -1.72. The number of rotatable bonds is 4. The molecule has 0 fully saturated rings. The van der Waals surface area contributed by atoms with Gasteiger partial charge in [0.2, 0.25) is 0 Å². The molecular weight excluding hydrogens is 270 g/mol. The molecule has 1 heterocycles. The number of benzene rings is 1. The van der Waals surface area contributed by atoms with E-state index in [4.69, 9.17) is 5.73 Å². The summed E-state index contributed by atoms with van der Waals surface area (Å²) in [5, 5.41) is 3.62. The van der Waals surface area contributed by atoms with Crippen LogP contribution in [0.2, 0.25) is 0 Å². The summed E-state index contributed by atoms with van der Waals surface area (Å²) in [5.74, 6) is -0.0959. The zero-order valence-corrected chi connectivity index (χ0v) is 12.0. The van der Waals surface area contributed by atoms with Gasteiger partial charge in [-0.25, -0.2) is 4.98 Å². The van der Waals surface area contributed by atoms with Crippen molar-refractivity contribution < 1.29 is 4.79 Å². The Labute approximate surface area is 122 Å². The molecule has 3 rings (SSSR count). The molecule has 3 N–H and O–H groups in total. The van der Waals surface area contributed by atoms with Gasteiger partial charge in [-0.15, -0.1) is 11.3 Å². The van der Waals surface area contributed by atoms with E-state index < -0.39 is 0 Å². The highest BCUT2D eigenvalue weighted by molar-refractivity contribution is 7.16. The van der Waals surface area contributed by atoms with E-state index in [1.54, 1.807) is 11.3 Å². The molecule has 1 aliphatic rings. The summed E-state index contributed by atoms with van der Waals surface area (Å²) in [6.07, 6.45) is 4.01. The van der Waals surface area contributed by atoms with Crippen molar-refractivity contribution in [2.24, 2.45) is 5.73 Å². The summed E-state index contributed by atoms with van der Waals surface area (Å²) in [6, 6.07) is 7.59. The van der Waals surface area contributed by atoms with E-state index in [2.05, 4.69) is 10.3 Å². The first-order valence-electron chi connectivity index (χ1n) is 6.86. The Morgan fingerprint density at radius 1 is 1.35 bits per heavy atom. The van der Waals surface area contributed by atoms with Gasteiger partial charge < -0.3 is 5.73 Å². The summed E-state index contributed by atoms with van der Waals surface area (Å²) in [6.45, 7) is 0.538. The average Bonchev–Trinajstić information content (AvgIpc) is 3.00. The molecule has 1 amide bonds. The molecule has 0 spiro atoms. The maximum absolute atomic E-state index is 12.4. The Balaban J connectivity index is 1.78. The largest absolute Gasteiger partial charge is 0.330 e. The number of amides is 1. The third kappa shape index (κ3) is 2.59. The Morgan fingerprint density at radius 2 is 2.20 bits per heavy atom. The van der Waals surface area contributed by atoms with Gasteiger partial charge in [-0.2, -0.15) is 0 Å². The van der Waals surface area contributed by atoms with E-state index in [-0.39, 0.29) is 5.91 Å². The third-order valence-corrected chi connectivity index (χ3v) is 4.56. The maximum Gasteiger partial charge on any atom is 0.257 e. The highest BCUT2D eigenvalue weighted by Crippen LogP contribution is 2.30. The molecule has 0 atom stereocenters. The first kappa shape index (κ1) is 13.3. The highest BCUT2D eigenvalue weighted by Gasteiger charge is 2.18. The molecule has 0 aliphatic heterocycles. The number of aromatic nitrogens is 1. The van der Waals surface area contributed by atoms with Crippen LogP contribution in [-0.2, 0) is 19.3 Å². The van der Waals surface area contributed by atoms with E-state index in [0.29, 0.717) is 23.7 Å². The molecule has 5 heteroatoms. The maximum atomic E-state index is 12.4. The van der Waals surface area contributed by atoms with Crippen LogP contribution in [0.4, 0.5) is 5.13 Å². The van der Waals surface area contributed by atoms with Gasteiger partial charge in [-0.3, -0.25) is 10.1 Å². The van der Waals surface area contributed by atoms with Crippen LogP contribution < -0.4 is 11.1 Å². The number of nitrogens with two attached hydrogens (primary N) is 1. The molecule has 1 aromatic carbocycles. The van der Waals surface area contributed by atoms with Crippen molar-refractivity contribution in [3.05, 3.63) is 46.0 Å². The molecule has 1 aromatic heterocycles. The van der Waals surface area contributed by atoms with Gasteiger partial charge in [0.25, 0.3) is 5.91 Å². The number of fused-ring (bicyclic) bond motifs is 1. The fourth-order valence-corrected chi connectivity index (χ4v) is 3.57. The van der Waals surface area contributed by atoms with Gasteiger partial charge in [-0.05, 0) is 43.9 Å². The van der Waals surface area contributed by atoms with Crippen molar-refractivity contribution in [3.63, 3.8) is 0 Å². The number of nitrogens with zero attached hydrogens (tertiary/aromatic N) is 1. The van der Waals surface area contributed by atoms with Crippen molar-refractivity contribution in [3.8, 4) is 0 Å².